The van der Waals surface area contributed by atoms with Crippen LogP contribution in [0, 0.1) is 5.92 Å². The summed E-state index contributed by atoms with van der Waals surface area (Å²) in [5.74, 6) is 2.55. The maximum Gasteiger partial charge on any atom is 0.127 e. The molecule has 1 aromatic carbocycles. The van der Waals surface area contributed by atoms with Crippen LogP contribution in [0.15, 0.2) is 30.3 Å². The van der Waals surface area contributed by atoms with Crippen LogP contribution in [-0.4, -0.2) is 28.5 Å². The molecule has 2 rings (SSSR count). The number of aromatic nitrogens is 1. The van der Waals surface area contributed by atoms with Crippen molar-refractivity contribution in [2.45, 2.75) is 6.92 Å². The van der Waals surface area contributed by atoms with Crippen molar-refractivity contribution in [3.05, 3.63) is 35.9 Å². The first-order valence-corrected chi connectivity index (χ1v) is 8.34. The van der Waals surface area contributed by atoms with Gasteiger partial charge in [-0.1, -0.05) is 37.3 Å². The molecule has 1 heterocycles. The molecule has 0 amide bonds. The Morgan fingerprint density at radius 3 is 2.90 bits per heavy atom. The fraction of sp³-hybridized carbons (Fsp3) is 0.333. The predicted molar refractivity (Wildman–Crippen MR) is 93.7 cm³/mol. The number of nitrogens with zero attached hydrogens (tertiary/aromatic N) is 1. The van der Waals surface area contributed by atoms with E-state index in [1.165, 1.54) is 0 Å². The number of nitrogens with one attached hydrogen (secondary N) is 1. The second-order valence-corrected chi connectivity index (χ2v) is 6.23. The molecule has 0 aliphatic carbocycles. The molecule has 3 N–H and O–H groups in total. The summed E-state index contributed by atoms with van der Waals surface area (Å²) < 4.78 is 0. The summed E-state index contributed by atoms with van der Waals surface area (Å²) >= 11 is 7.00. The Morgan fingerprint density at radius 2 is 2.20 bits per heavy atom. The molecule has 0 aliphatic rings. The summed E-state index contributed by atoms with van der Waals surface area (Å²) in [4.78, 5) is 5.02. The van der Waals surface area contributed by atoms with Gasteiger partial charge >= 0.3 is 0 Å². The second-order valence-electron chi connectivity index (χ2n) is 4.88. The Kier molecular flexibility index (Phi) is 5.20. The van der Waals surface area contributed by atoms with E-state index < -0.39 is 0 Å². The van der Waals surface area contributed by atoms with Crippen molar-refractivity contribution in [2.24, 2.45) is 11.7 Å². The van der Waals surface area contributed by atoms with Crippen LogP contribution in [-0.2, 0) is 0 Å². The molecule has 0 spiro atoms. The molecule has 1 unspecified atom stereocenters. The Labute approximate surface area is 129 Å². The Bertz CT molecular complexity index is 613. The van der Waals surface area contributed by atoms with E-state index in [0.29, 0.717) is 10.9 Å². The number of para-hydroxylation sites is 1. The van der Waals surface area contributed by atoms with Gasteiger partial charge in [-0.2, -0.15) is 11.8 Å². The van der Waals surface area contributed by atoms with Gasteiger partial charge in [0.05, 0.1) is 5.52 Å². The van der Waals surface area contributed by atoms with Gasteiger partial charge in [-0.05, 0) is 30.1 Å². The molecule has 2 aromatic rings. The normalized spacial score (nSPS) is 12.3. The zero-order chi connectivity index (χ0) is 14.5. The van der Waals surface area contributed by atoms with E-state index in [1.54, 1.807) is 0 Å². The molecule has 0 radical (unpaired) electrons. The molecule has 0 fully saturated rings. The van der Waals surface area contributed by atoms with Crippen LogP contribution >= 0.6 is 24.0 Å². The third-order valence-electron chi connectivity index (χ3n) is 3.06. The lowest BCUT2D eigenvalue weighted by atomic mass is 10.1. The van der Waals surface area contributed by atoms with Crippen LogP contribution in [0.1, 0.15) is 12.5 Å². The summed E-state index contributed by atoms with van der Waals surface area (Å²) in [6, 6.07) is 9.86. The molecule has 3 nitrogen and oxygen atoms in total. The first kappa shape index (κ1) is 15.1. The highest BCUT2D eigenvalue weighted by molar-refractivity contribution is 7.98. The zero-order valence-corrected chi connectivity index (χ0v) is 13.4. The molecule has 0 aliphatic heterocycles. The van der Waals surface area contributed by atoms with Gasteiger partial charge in [0.2, 0.25) is 0 Å². The minimum atomic E-state index is 0.406. The number of rotatable bonds is 6. The first-order valence-electron chi connectivity index (χ1n) is 6.54. The van der Waals surface area contributed by atoms with Crippen LogP contribution in [0.2, 0.25) is 0 Å². The number of benzene rings is 1. The van der Waals surface area contributed by atoms with E-state index in [1.807, 2.05) is 42.1 Å². The smallest absolute Gasteiger partial charge is 0.127 e. The maximum atomic E-state index is 5.82. The molecule has 1 atom stereocenters. The number of thiocarbonyl (C=S) groups is 1. The number of nitrogens with two attached hydrogens (primary N) is 1. The lowest BCUT2D eigenvalue weighted by Crippen LogP contribution is -2.16. The van der Waals surface area contributed by atoms with Gasteiger partial charge in [-0.3, -0.25) is 0 Å². The van der Waals surface area contributed by atoms with Gasteiger partial charge in [-0.15, -0.1) is 0 Å². The van der Waals surface area contributed by atoms with Crippen molar-refractivity contribution in [3.63, 3.8) is 0 Å². The van der Waals surface area contributed by atoms with Gasteiger partial charge in [0.25, 0.3) is 0 Å². The molecule has 20 heavy (non-hydrogen) atoms. The molecular formula is C15H19N3S2. The topological polar surface area (TPSA) is 50.9 Å². The SMILES string of the molecule is CSCC(C)CNc1cc(C(N)=S)c2ccccc2n1. The highest BCUT2D eigenvalue weighted by Crippen LogP contribution is 2.21. The Morgan fingerprint density at radius 1 is 1.45 bits per heavy atom. The third-order valence-corrected chi connectivity index (χ3v) is 4.19. The summed E-state index contributed by atoms with van der Waals surface area (Å²) in [6.07, 6.45) is 2.12. The number of hydrogen-bond acceptors (Lipinski definition) is 4. The minimum Gasteiger partial charge on any atom is -0.389 e. The molecule has 1 aromatic heterocycles. The van der Waals surface area contributed by atoms with Crippen LogP contribution < -0.4 is 11.1 Å². The lowest BCUT2D eigenvalue weighted by molar-refractivity contribution is 0.700. The van der Waals surface area contributed by atoms with E-state index in [-0.39, 0.29) is 0 Å². The minimum absolute atomic E-state index is 0.406. The average Bonchev–Trinajstić information content (AvgIpc) is 2.44. The fourth-order valence-electron chi connectivity index (χ4n) is 2.09. The predicted octanol–water partition coefficient (Wildman–Crippen LogP) is 3.28. The second kappa shape index (κ2) is 6.90. The quantitative estimate of drug-likeness (QED) is 0.802. The molecule has 0 saturated carbocycles. The van der Waals surface area contributed by atoms with E-state index in [9.17, 15) is 0 Å². The van der Waals surface area contributed by atoms with E-state index >= 15 is 0 Å². The molecule has 5 heteroatoms. The van der Waals surface area contributed by atoms with Crippen molar-refractivity contribution in [1.82, 2.24) is 4.98 Å². The lowest BCUT2D eigenvalue weighted by Gasteiger charge is -2.13. The van der Waals surface area contributed by atoms with Gasteiger partial charge < -0.3 is 11.1 Å². The Balaban J connectivity index is 2.28. The van der Waals surface area contributed by atoms with Crippen LogP contribution in [0.25, 0.3) is 10.9 Å². The number of fused-ring (bicyclic) bond motifs is 1. The van der Waals surface area contributed by atoms with Crippen molar-refractivity contribution in [1.29, 1.82) is 0 Å². The maximum absolute atomic E-state index is 5.82. The number of thioether (sulfide) groups is 1. The number of hydrogen-bond donors (Lipinski definition) is 2. The van der Waals surface area contributed by atoms with E-state index in [0.717, 1.165) is 34.6 Å². The zero-order valence-electron chi connectivity index (χ0n) is 11.7. The Hall–Kier alpha value is -1.33. The van der Waals surface area contributed by atoms with Crippen LogP contribution in [0.5, 0.6) is 0 Å². The van der Waals surface area contributed by atoms with Crippen molar-refractivity contribution < 1.29 is 0 Å². The van der Waals surface area contributed by atoms with Gasteiger partial charge in [0, 0.05) is 17.5 Å². The number of anilines is 1. The highest BCUT2D eigenvalue weighted by Gasteiger charge is 2.08. The van der Waals surface area contributed by atoms with Crippen molar-refractivity contribution in [3.8, 4) is 0 Å². The molecule has 106 valence electrons. The van der Waals surface area contributed by atoms with Gasteiger partial charge in [0.1, 0.15) is 10.8 Å². The summed E-state index contributed by atoms with van der Waals surface area (Å²) in [6.45, 7) is 3.11. The van der Waals surface area contributed by atoms with Crippen LogP contribution in [0.4, 0.5) is 5.82 Å². The molecular weight excluding hydrogens is 286 g/mol. The van der Waals surface area contributed by atoms with Gasteiger partial charge in [0.15, 0.2) is 0 Å². The monoisotopic (exact) mass is 305 g/mol. The summed E-state index contributed by atoms with van der Waals surface area (Å²) in [5, 5.41) is 4.38. The molecule has 0 saturated heterocycles. The highest BCUT2D eigenvalue weighted by atomic mass is 32.2. The van der Waals surface area contributed by atoms with Crippen molar-refractivity contribution in [2.75, 3.05) is 23.9 Å². The number of pyridine rings is 1. The van der Waals surface area contributed by atoms with Crippen LogP contribution in [0.3, 0.4) is 0 Å². The third kappa shape index (κ3) is 3.61. The fourth-order valence-corrected chi connectivity index (χ4v) is 2.95. The van der Waals surface area contributed by atoms with E-state index in [2.05, 4.69) is 23.5 Å². The van der Waals surface area contributed by atoms with E-state index in [4.69, 9.17) is 18.0 Å². The summed E-state index contributed by atoms with van der Waals surface area (Å²) in [7, 11) is 0. The van der Waals surface area contributed by atoms with Crippen molar-refractivity contribution >= 4 is 45.7 Å². The standard InChI is InChI=1S/C15H19N3S2/c1-10(9-20-2)8-17-14-7-12(15(16)19)11-5-3-4-6-13(11)18-14/h3-7,10H,8-9H2,1-2H3,(H2,16,19)(H,17,18). The van der Waals surface area contributed by atoms with Gasteiger partial charge in [-0.25, -0.2) is 4.98 Å². The average molecular weight is 305 g/mol. The first-order chi connectivity index (χ1) is 9.61. The summed E-state index contributed by atoms with van der Waals surface area (Å²) in [5.41, 5.74) is 7.62. The molecule has 0 bridgehead atoms. The largest absolute Gasteiger partial charge is 0.389 e.